The topological polar surface area (TPSA) is 38.3 Å². The van der Waals surface area contributed by atoms with Crippen LogP contribution in [0.5, 0.6) is 5.75 Å². The number of thioether (sulfide) groups is 1. The van der Waals surface area contributed by atoms with E-state index in [1.165, 1.54) is 11.1 Å². The van der Waals surface area contributed by atoms with Crippen molar-refractivity contribution in [2.75, 3.05) is 12.9 Å². The van der Waals surface area contributed by atoms with Gasteiger partial charge in [-0.1, -0.05) is 44.2 Å². The van der Waals surface area contributed by atoms with Crippen molar-refractivity contribution < 1.29 is 9.53 Å². The van der Waals surface area contributed by atoms with Gasteiger partial charge < -0.3 is 10.1 Å². The van der Waals surface area contributed by atoms with Gasteiger partial charge in [-0.2, -0.15) is 11.8 Å². The molecule has 2 aromatic rings. The van der Waals surface area contributed by atoms with Gasteiger partial charge in [-0.05, 0) is 54.2 Å². The van der Waals surface area contributed by atoms with Crippen molar-refractivity contribution in [1.82, 2.24) is 5.32 Å². The Morgan fingerprint density at radius 1 is 1.11 bits per heavy atom. The largest absolute Gasteiger partial charge is 0.496 e. The van der Waals surface area contributed by atoms with Gasteiger partial charge in [0.15, 0.2) is 0 Å². The number of nitrogens with one attached hydrogen (secondary N) is 1. The number of carbonyl (C=O) groups excluding carboxylic acids is 1. The lowest BCUT2D eigenvalue weighted by Crippen LogP contribution is -2.27. The lowest BCUT2D eigenvalue weighted by molar-refractivity contribution is -0.121. The molecule has 0 fully saturated rings. The van der Waals surface area contributed by atoms with Gasteiger partial charge in [0.2, 0.25) is 5.91 Å². The molecule has 0 aromatic heterocycles. The number of amides is 1. The highest BCUT2D eigenvalue weighted by molar-refractivity contribution is 7.98. The maximum absolute atomic E-state index is 12.3. The summed E-state index contributed by atoms with van der Waals surface area (Å²) in [5.41, 5.74) is 4.77. The summed E-state index contributed by atoms with van der Waals surface area (Å²) >= 11 is 1.79. The van der Waals surface area contributed by atoms with Crippen LogP contribution in [0.4, 0.5) is 0 Å². The van der Waals surface area contributed by atoms with Crippen molar-refractivity contribution in [2.45, 2.75) is 51.8 Å². The Balaban J connectivity index is 1.89. The molecule has 2 aromatic carbocycles. The summed E-state index contributed by atoms with van der Waals surface area (Å²) < 4.78 is 5.52. The summed E-state index contributed by atoms with van der Waals surface area (Å²) in [7, 11) is 1.71. The summed E-state index contributed by atoms with van der Waals surface area (Å²) in [6.07, 6.45) is 0.536. The van der Waals surface area contributed by atoms with Crippen LogP contribution in [0.15, 0.2) is 42.5 Å². The Morgan fingerprint density at radius 3 is 2.44 bits per heavy atom. The van der Waals surface area contributed by atoms with Crippen molar-refractivity contribution in [1.29, 1.82) is 0 Å². The van der Waals surface area contributed by atoms with E-state index in [4.69, 9.17) is 4.74 Å². The van der Waals surface area contributed by atoms with Gasteiger partial charge in [-0.15, -0.1) is 0 Å². The first kappa shape index (κ1) is 21.4. The summed E-state index contributed by atoms with van der Waals surface area (Å²) in [5, 5.41) is 3.15. The number of methoxy groups -OCH3 is 1. The van der Waals surface area contributed by atoms with Gasteiger partial charge in [0.1, 0.15) is 5.75 Å². The average molecular weight is 386 g/mol. The molecular formula is C23H31NO2S. The van der Waals surface area contributed by atoms with Crippen LogP contribution in [0.25, 0.3) is 0 Å². The van der Waals surface area contributed by atoms with Gasteiger partial charge in [-0.25, -0.2) is 0 Å². The number of ether oxygens (including phenoxy) is 1. The van der Waals surface area contributed by atoms with Crippen LogP contribution in [0.3, 0.4) is 0 Å². The van der Waals surface area contributed by atoms with Crippen molar-refractivity contribution in [3.63, 3.8) is 0 Å². The van der Waals surface area contributed by atoms with E-state index in [2.05, 4.69) is 50.4 Å². The molecular weight excluding hydrogens is 354 g/mol. The smallest absolute Gasteiger partial charge is 0.221 e. The van der Waals surface area contributed by atoms with Crippen LogP contribution >= 0.6 is 11.8 Å². The third-order valence-electron chi connectivity index (χ3n) is 4.67. The second-order valence-electron chi connectivity index (χ2n) is 7.18. The summed E-state index contributed by atoms with van der Waals surface area (Å²) in [4.78, 5) is 12.3. The molecule has 1 atom stereocenters. The molecule has 0 unspecified atom stereocenters. The molecule has 2 rings (SSSR count). The zero-order chi connectivity index (χ0) is 19.8. The molecule has 0 spiro atoms. The van der Waals surface area contributed by atoms with E-state index in [-0.39, 0.29) is 11.9 Å². The zero-order valence-corrected chi connectivity index (χ0v) is 17.9. The Kier molecular flexibility index (Phi) is 8.23. The van der Waals surface area contributed by atoms with E-state index >= 15 is 0 Å². The molecule has 0 heterocycles. The SMILES string of the molecule is COc1cc(C)c([C@H](C)NC(=O)CCSCc2ccccc2)cc1C(C)C. The third-order valence-corrected chi connectivity index (χ3v) is 5.70. The standard InChI is InChI=1S/C23H31NO2S/c1-16(2)20-14-21(17(3)13-22(20)26-5)18(4)24-23(25)11-12-27-15-19-9-7-6-8-10-19/h6-10,13-14,16,18H,11-12,15H2,1-5H3,(H,24,25)/t18-/m0/s1. The average Bonchev–Trinajstić information content (AvgIpc) is 2.65. The Morgan fingerprint density at radius 2 is 1.81 bits per heavy atom. The molecule has 0 bridgehead atoms. The molecule has 0 aliphatic heterocycles. The molecule has 146 valence electrons. The normalized spacial score (nSPS) is 12.1. The minimum Gasteiger partial charge on any atom is -0.496 e. The molecule has 3 nitrogen and oxygen atoms in total. The molecule has 0 aliphatic rings. The van der Waals surface area contributed by atoms with Gasteiger partial charge in [0.25, 0.3) is 0 Å². The number of aryl methyl sites for hydroxylation is 1. The van der Waals surface area contributed by atoms with Crippen LogP contribution in [-0.2, 0) is 10.5 Å². The van der Waals surface area contributed by atoms with E-state index in [0.29, 0.717) is 12.3 Å². The van der Waals surface area contributed by atoms with E-state index in [0.717, 1.165) is 28.4 Å². The Bertz CT molecular complexity index is 744. The van der Waals surface area contributed by atoms with Gasteiger partial charge in [0.05, 0.1) is 13.2 Å². The fourth-order valence-corrected chi connectivity index (χ4v) is 4.03. The number of carbonyl (C=O) groups is 1. The van der Waals surface area contributed by atoms with Crippen LogP contribution < -0.4 is 10.1 Å². The highest BCUT2D eigenvalue weighted by Crippen LogP contribution is 2.32. The minimum atomic E-state index is -0.0139. The molecule has 0 radical (unpaired) electrons. The predicted octanol–water partition coefficient (Wildman–Crippen LogP) is 5.63. The lowest BCUT2D eigenvalue weighted by atomic mass is 9.93. The second-order valence-corrected chi connectivity index (χ2v) is 8.29. The number of hydrogen-bond donors (Lipinski definition) is 1. The Hall–Kier alpha value is -1.94. The number of benzene rings is 2. The first-order valence-corrected chi connectivity index (χ1v) is 10.7. The van der Waals surface area contributed by atoms with E-state index in [1.807, 2.05) is 25.1 Å². The van der Waals surface area contributed by atoms with Crippen molar-refractivity contribution in [2.24, 2.45) is 0 Å². The monoisotopic (exact) mass is 385 g/mol. The number of rotatable bonds is 9. The maximum Gasteiger partial charge on any atom is 0.221 e. The van der Waals surface area contributed by atoms with E-state index < -0.39 is 0 Å². The van der Waals surface area contributed by atoms with Crippen molar-refractivity contribution in [3.8, 4) is 5.75 Å². The molecule has 1 N–H and O–H groups in total. The molecule has 0 saturated carbocycles. The van der Waals surface area contributed by atoms with Crippen molar-refractivity contribution >= 4 is 17.7 Å². The van der Waals surface area contributed by atoms with Crippen LogP contribution in [0, 0.1) is 6.92 Å². The predicted molar refractivity (Wildman–Crippen MR) is 116 cm³/mol. The molecule has 4 heteroatoms. The lowest BCUT2D eigenvalue weighted by Gasteiger charge is -2.21. The first-order valence-electron chi connectivity index (χ1n) is 9.51. The van der Waals surface area contributed by atoms with Crippen LogP contribution in [0.2, 0.25) is 0 Å². The Labute approximate surface area is 167 Å². The minimum absolute atomic E-state index is 0.0139. The summed E-state index contributed by atoms with van der Waals surface area (Å²) in [6.45, 7) is 8.43. The highest BCUT2D eigenvalue weighted by atomic mass is 32.2. The van der Waals surface area contributed by atoms with Crippen LogP contribution in [0.1, 0.15) is 61.4 Å². The summed E-state index contributed by atoms with van der Waals surface area (Å²) in [5.74, 6) is 3.16. The zero-order valence-electron chi connectivity index (χ0n) is 17.0. The number of hydrogen-bond acceptors (Lipinski definition) is 3. The van der Waals surface area contributed by atoms with Crippen LogP contribution in [-0.4, -0.2) is 18.8 Å². The summed E-state index contributed by atoms with van der Waals surface area (Å²) in [6, 6.07) is 14.6. The van der Waals surface area contributed by atoms with Crippen molar-refractivity contribution in [3.05, 3.63) is 64.7 Å². The second kappa shape index (κ2) is 10.4. The molecule has 0 saturated heterocycles. The van der Waals surface area contributed by atoms with E-state index in [1.54, 1.807) is 18.9 Å². The fraction of sp³-hybridized carbons (Fsp3) is 0.435. The van der Waals surface area contributed by atoms with Gasteiger partial charge in [0, 0.05) is 17.9 Å². The maximum atomic E-state index is 12.3. The van der Waals surface area contributed by atoms with E-state index in [9.17, 15) is 4.79 Å². The fourth-order valence-electron chi connectivity index (χ4n) is 3.13. The molecule has 1 amide bonds. The third kappa shape index (κ3) is 6.31. The quantitative estimate of drug-likeness (QED) is 0.569. The molecule has 0 aliphatic carbocycles. The molecule has 27 heavy (non-hydrogen) atoms. The van der Waals surface area contributed by atoms with Gasteiger partial charge in [-0.3, -0.25) is 4.79 Å². The highest BCUT2D eigenvalue weighted by Gasteiger charge is 2.16. The first-order chi connectivity index (χ1) is 12.9. The van der Waals surface area contributed by atoms with Gasteiger partial charge >= 0.3 is 0 Å².